The second-order valence-corrected chi connectivity index (χ2v) is 6.90. The average Bonchev–Trinajstić information content (AvgIpc) is 2.45. The van der Waals surface area contributed by atoms with Crippen molar-refractivity contribution in [2.24, 2.45) is 10.4 Å². The predicted molar refractivity (Wildman–Crippen MR) is 110 cm³/mol. The van der Waals surface area contributed by atoms with E-state index in [0.29, 0.717) is 5.41 Å². The molecule has 0 aliphatic heterocycles. The molecule has 0 spiro atoms. The van der Waals surface area contributed by atoms with E-state index in [9.17, 15) is 0 Å². The zero-order valence-corrected chi connectivity index (χ0v) is 17.6. The van der Waals surface area contributed by atoms with E-state index in [-0.39, 0.29) is 24.0 Å². The van der Waals surface area contributed by atoms with Gasteiger partial charge in [-0.15, -0.1) is 24.0 Å². The summed E-state index contributed by atoms with van der Waals surface area (Å²) in [5, 5.41) is 6.81. The monoisotopic (exact) mass is 443 g/mol. The van der Waals surface area contributed by atoms with E-state index in [1.165, 1.54) is 37.9 Å². The summed E-state index contributed by atoms with van der Waals surface area (Å²) in [7, 11) is 1.79. The zero-order valence-electron chi connectivity index (χ0n) is 14.5. The predicted octanol–water partition coefficient (Wildman–Crippen LogP) is 3.51. The Kier molecular flexibility index (Phi) is 13.9. The van der Waals surface area contributed by atoms with Crippen LogP contribution in [0.4, 0.5) is 0 Å². The maximum absolute atomic E-state index is 5.25. The molecule has 0 aromatic heterocycles. The summed E-state index contributed by atoms with van der Waals surface area (Å²) in [6, 6.07) is 0. The smallest absolute Gasteiger partial charge is 0.191 e. The Hall–Kier alpha value is 0.310. The van der Waals surface area contributed by atoms with Crippen LogP contribution in [0.25, 0.3) is 0 Å². The van der Waals surface area contributed by atoms with E-state index in [2.05, 4.69) is 23.8 Å². The van der Waals surface area contributed by atoms with Gasteiger partial charge in [-0.25, -0.2) is 0 Å². The van der Waals surface area contributed by atoms with Gasteiger partial charge in [-0.05, 0) is 56.5 Å². The number of aliphatic imine (C=N–C) groups is 1. The number of halogens is 1. The third-order valence-electron chi connectivity index (χ3n) is 4.24. The number of hydrogen-bond donors (Lipinski definition) is 2. The molecule has 0 bridgehead atoms. The molecule has 0 aromatic rings. The van der Waals surface area contributed by atoms with Gasteiger partial charge in [0.05, 0.1) is 0 Å². The van der Waals surface area contributed by atoms with E-state index in [4.69, 9.17) is 9.73 Å². The van der Waals surface area contributed by atoms with E-state index in [0.717, 1.165) is 38.6 Å². The summed E-state index contributed by atoms with van der Waals surface area (Å²) < 4.78 is 5.25. The van der Waals surface area contributed by atoms with Crippen LogP contribution in [0.15, 0.2) is 4.99 Å². The lowest BCUT2D eigenvalue weighted by atomic mass is 9.67. The van der Waals surface area contributed by atoms with Crippen LogP contribution in [0.5, 0.6) is 0 Å². The molecule has 6 heteroatoms. The maximum Gasteiger partial charge on any atom is 0.191 e. The Labute approximate surface area is 158 Å². The van der Waals surface area contributed by atoms with Crippen LogP contribution in [-0.2, 0) is 4.74 Å². The summed E-state index contributed by atoms with van der Waals surface area (Å²) in [4.78, 5) is 4.81. The zero-order chi connectivity index (χ0) is 15.4. The molecule has 0 aromatic carbocycles. The minimum absolute atomic E-state index is 0. The first-order valence-electron chi connectivity index (χ1n) is 8.26. The molecule has 4 nitrogen and oxygen atoms in total. The van der Waals surface area contributed by atoms with Crippen molar-refractivity contribution in [1.82, 2.24) is 10.6 Å². The van der Waals surface area contributed by atoms with Crippen LogP contribution in [0.3, 0.4) is 0 Å². The van der Waals surface area contributed by atoms with Gasteiger partial charge in [0.2, 0.25) is 0 Å². The molecule has 1 aliphatic carbocycles. The normalized spacial score (nSPS) is 16.6. The van der Waals surface area contributed by atoms with Gasteiger partial charge in [0.25, 0.3) is 0 Å². The van der Waals surface area contributed by atoms with Gasteiger partial charge in [0.15, 0.2) is 5.96 Å². The number of nitrogens with one attached hydrogen (secondary N) is 2. The van der Waals surface area contributed by atoms with Crippen LogP contribution < -0.4 is 10.6 Å². The van der Waals surface area contributed by atoms with Crippen LogP contribution in [0.1, 0.15) is 45.4 Å². The van der Waals surface area contributed by atoms with Crippen LogP contribution in [0.2, 0.25) is 0 Å². The Morgan fingerprint density at radius 2 is 2.05 bits per heavy atom. The lowest BCUT2D eigenvalue weighted by molar-refractivity contribution is 0.0778. The fourth-order valence-corrected chi connectivity index (χ4v) is 3.14. The molecule has 1 aliphatic rings. The molecule has 0 amide bonds. The van der Waals surface area contributed by atoms with Gasteiger partial charge in [0.1, 0.15) is 0 Å². The summed E-state index contributed by atoms with van der Waals surface area (Å²) in [6.07, 6.45) is 9.72. The molecule has 132 valence electrons. The molecule has 0 saturated heterocycles. The Bertz CT molecular complexity index is 299. The SMILES string of the molecule is CCNC(=NCC1(CCOC)CCC1)NCCCCSC.I. The van der Waals surface area contributed by atoms with E-state index in [1.54, 1.807) is 7.11 Å². The largest absolute Gasteiger partial charge is 0.385 e. The molecule has 0 unspecified atom stereocenters. The van der Waals surface area contributed by atoms with Crippen molar-refractivity contribution in [1.29, 1.82) is 0 Å². The molecule has 1 saturated carbocycles. The van der Waals surface area contributed by atoms with Crippen molar-refractivity contribution >= 4 is 41.7 Å². The van der Waals surface area contributed by atoms with Gasteiger partial charge in [0, 0.05) is 33.4 Å². The number of unbranched alkanes of at least 4 members (excludes halogenated alkanes) is 1. The first kappa shape index (κ1) is 22.3. The van der Waals surface area contributed by atoms with Crippen molar-refractivity contribution in [2.45, 2.75) is 45.4 Å². The van der Waals surface area contributed by atoms with E-state index in [1.807, 2.05) is 11.8 Å². The van der Waals surface area contributed by atoms with Crippen molar-refractivity contribution in [3.8, 4) is 0 Å². The highest BCUT2D eigenvalue weighted by Gasteiger charge is 2.36. The summed E-state index contributed by atoms with van der Waals surface area (Å²) in [5.74, 6) is 2.22. The van der Waals surface area contributed by atoms with Crippen molar-refractivity contribution in [2.75, 3.05) is 45.4 Å². The van der Waals surface area contributed by atoms with Gasteiger partial charge in [-0.1, -0.05) is 6.42 Å². The van der Waals surface area contributed by atoms with Gasteiger partial charge in [-0.3, -0.25) is 4.99 Å². The van der Waals surface area contributed by atoms with Gasteiger partial charge in [-0.2, -0.15) is 11.8 Å². The Morgan fingerprint density at radius 1 is 1.27 bits per heavy atom. The van der Waals surface area contributed by atoms with Crippen LogP contribution >= 0.6 is 35.7 Å². The molecule has 22 heavy (non-hydrogen) atoms. The standard InChI is InChI=1S/C16H33N3OS.HI/c1-4-17-15(18-11-5-6-13-21-3)19-14-16(8-7-9-16)10-12-20-2;/h4-14H2,1-3H3,(H2,17,18,19);1H. The topological polar surface area (TPSA) is 45.7 Å². The minimum atomic E-state index is 0. The minimum Gasteiger partial charge on any atom is -0.385 e. The summed E-state index contributed by atoms with van der Waals surface area (Å²) in [5.41, 5.74) is 0.400. The molecule has 1 rings (SSSR count). The number of hydrogen-bond acceptors (Lipinski definition) is 3. The summed E-state index contributed by atoms with van der Waals surface area (Å²) >= 11 is 1.92. The lowest BCUT2D eigenvalue weighted by Gasteiger charge is -2.40. The van der Waals surface area contributed by atoms with Gasteiger partial charge < -0.3 is 15.4 Å². The molecule has 1 fully saturated rings. The van der Waals surface area contributed by atoms with Crippen LogP contribution in [-0.4, -0.2) is 51.3 Å². The third-order valence-corrected chi connectivity index (χ3v) is 4.93. The first-order chi connectivity index (χ1) is 10.3. The molecule has 0 atom stereocenters. The lowest BCUT2D eigenvalue weighted by Crippen LogP contribution is -2.40. The molecular weight excluding hydrogens is 409 g/mol. The second-order valence-electron chi connectivity index (χ2n) is 5.92. The number of methoxy groups -OCH3 is 1. The first-order valence-corrected chi connectivity index (χ1v) is 9.66. The Balaban J connectivity index is 0.00000441. The number of rotatable bonds is 11. The molecule has 2 N–H and O–H groups in total. The van der Waals surface area contributed by atoms with Crippen molar-refractivity contribution in [3.05, 3.63) is 0 Å². The third kappa shape index (κ3) is 8.82. The van der Waals surface area contributed by atoms with Gasteiger partial charge >= 0.3 is 0 Å². The second kappa shape index (κ2) is 13.7. The summed E-state index contributed by atoms with van der Waals surface area (Å²) in [6.45, 7) is 5.83. The quantitative estimate of drug-likeness (QED) is 0.222. The molecule has 0 radical (unpaired) electrons. The number of ether oxygens (including phenoxy) is 1. The average molecular weight is 443 g/mol. The van der Waals surface area contributed by atoms with E-state index >= 15 is 0 Å². The highest BCUT2D eigenvalue weighted by Crippen LogP contribution is 2.44. The fraction of sp³-hybridized carbons (Fsp3) is 0.938. The fourth-order valence-electron chi connectivity index (χ4n) is 2.65. The van der Waals surface area contributed by atoms with Crippen molar-refractivity contribution < 1.29 is 4.74 Å². The Morgan fingerprint density at radius 3 is 2.59 bits per heavy atom. The number of guanidine groups is 1. The highest BCUT2D eigenvalue weighted by atomic mass is 127. The van der Waals surface area contributed by atoms with Crippen LogP contribution in [0, 0.1) is 5.41 Å². The highest BCUT2D eigenvalue weighted by molar-refractivity contribution is 14.0. The van der Waals surface area contributed by atoms with E-state index < -0.39 is 0 Å². The maximum atomic E-state index is 5.25. The van der Waals surface area contributed by atoms with Crippen molar-refractivity contribution in [3.63, 3.8) is 0 Å². The number of nitrogens with zero attached hydrogens (tertiary/aromatic N) is 1. The molecular formula is C16H34IN3OS. The molecule has 0 heterocycles. The number of thioether (sulfide) groups is 1.